The number of esters is 2. The van der Waals surface area contributed by atoms with Crippen molar-refractivity contribution in [1.82, 2.24) is 10.6 Å². The molecule has 0 aromatic heterocycles. The number of urea groups is 1. The zero-order valence-electron chi connectivity index (χ0n) is 14.1. The van der Waals surface area contributed by atoms with Gasteiger partial charge in [-0.25, -0.2) is 14.4 Å². The average molecular weight is 314 g/mol. The molecule has 0 aromatic carbocycles. The third kappa shape index (κ3) is 11.7. The zero-order chi connectivity index (χ0) is 17.3. The summed E-state index contributed by atoms with van der Waals surface area (Å²) >= 11 is 0. The van der Waals surface area contributed by atoms with Crippen LogP contribution in [-0.2, 0) is 19.1 Å². The van der Waals surface area contributed by atoms with Crippen molar-refractivity contribution in [2.45, 2.75) is 59.2 Å². The minimum atomic E-state index is -0.675. The van der Waals surface area contributed by atoms with Crippen LogP contribution in [0.2, 0.25) is 0 Å². The summed E-state index contributed by atoms with van der Waals surface area (Å²) in [5.41, 5.74) is -0.347. The van der Waals surface area contributed by atoms with Crippen LogP contribution < -0.4 is 10.6 Å². The van der Waals surface area contributed by atoms with Crippen LogP contribution in [0.5, 0.6) is 0 Å². The lowest BCUT2D eigenvalue weighted by Gasteiger charge is -2.22. The van der Waals surface area contributed by atoms with E-state index in [-0.39, 0.29) is 30.3 Å². The van der Waals surface area contributed by atoms with Crippen LogP contribution in [0, 0.1) is 0 Å². The molecule has 0 radical (unpaired) electrons. The highest BCUT2D eigenvalue weighted by Crippen LogP contribution is 1.98. The van der Waals surface area contributed by atoms with Gasteiger partial charge in [-0.05, 0) is 41.5 Å². The van der Waals surface area contributed by atoms with Crippen molar-refractivity contribution in [2.75, 3.05) is 6.61 Å². The molecule has 0 fully saturated rings. The molecule has 2 amide bonds. The van der Waals surface area contributed by atoms with E-state index in [2.05, 4.69) is 10.6 Å². The van der Waals surface area contributed by atoms with E-state index in [1.54, 1.807) is 20.8 Å². The Morgan fingerprint density at radius 2 is 1.59 bits per heavy atom. The Morgan fingerprint density at radius 1 is 1.05 bits per heavy atom. The van der Waals surface area contributed by atoms with Crippen molar-refractivity contribution in [3.8, 4) is 0 Å². The van der Waals surface area contributed by atoms with Crippen molar-refractivity contribution in [3.63, 3.8) is 0 Å². The number of rotatable bonds is 6. The Morgan fingerprint density at radius 3 is 2.09 bits per heavy atom. The molecule has 0 spiro atoms. The van der Waals surface area contributed by atoms with E-state index in [0.717, 1.165) is 12.2 Å². The van der Waals surface area contributed by atoms with Gasteiger partial charge in [0.25, 0.3) is 0 Å². The Kier molecular flexibility index (Phi) is 8.22. The second kappa shape index (κ2) is 9.07. The summed E-state index contributed by atoms with van der Waals surface area (Å²) < 4.78 is 9.74. The lowest BCUT2D eigenvalue weighted by atomic mass is 10.1. The van der Waals surface area contributed by atoms with Gasteiger partial charge in [0.05, 0.1) is 12.1 Å². The minimum Gasteiger partial charge on any atom is -0.460 e. The van der Waals surface area contributed by atoms with Crippen molar-refractivity contribution in [3.05, 3.63) is 12.2 Å². The summed E-state index contributed by atoms with van der Waals surface area (Å²) in [6.45, 7) is 10.7. The first kappa shape index (κ1) is 19.9. The molecule has 2 N–H and O–H groups in total. The maximum Gasteiger partial charge on any atom is 0.331 e. The zero-order valence-corrected chi connectivity index (χ0v) is 14.1. The van der Waals surface area contributed by atoms with Gasteiger partial charge in [-0.1, -0.05) is 0 Å². The molecular formula is C15H26N2O5. The summed E-state index contributed by atoms with van der Waals surface area (Å²) in [5.74, 6) is -1.28. The SMILES string of the molecule is CC(COC(=O)C=CC(=O)OC(C)C)NC(=O)NC(C)(C)C. The number of hydrogen-bond donors (Lipinski definition) is 2. The van der Waals surface area contributed by atoms with Crippen LogP contribution in [0.1, 0.15) is 41.5 Å². The van der Waals surface area contributed by atoms with Gasteiger partial charge in [0.2, 0.25) is 0 Å². The van der Waals surface area contributed by atoms with Gasteiger partial charge < -0.3 is 20.1 Å². The van der Waals surface area contributed by atoms with E-state index in [1.165, 1.54) is 0 Å². The van der Waals surface area contributed by atoms with Gasteiger partial charge in [-0.3, -0.25) is 0 Å². The van der Waals surface area contributed by atoms with Crippen molar-refractivity contribution < 1.29 is 23.9 Å². The number of nitrogens with one attached hydrogen (secondary N) is 2. The molecule has 1 atom stereocenters. The molecule has 22 heavy (non-hydrogen) atoms. The quantitative estimate of drug-likeness (QED) is 0.573. The molecule has 0 aliphatic rings. The molecule has 0 aromatic rings. The molecule has 0 saturated heterocycles. The Hall–Kier alpha value is -2.05. The van der Waals surface area contributed by atoms with Crippen LogP contribution in [0.4, 0.5) is 4.79 Å². The van der Waals surface area contributed by atoms with Crippen LogP contribution in [0.15, 0.2) is 12.2 Å². The fourth-order valence-electron chi connectivity index (χ4n) is 1.31. The summed E-state index contributed by atoms with van der Waals surface area (Å²) in [5, 5.41) is 5.37. The third-order valence-corrected chi connectivity index (χ3v) is 2.05. The Balaban J connectivity index is 4.07. The molecular weight excluding hydrogens is 288 g/mol. The van der Waals surface area contributed by atoms with Crippen molar-refractivity contribution >= 4 is 18.0 Å². The second-order valence-electron chi connectivity index (χ2n) is 6.20. The fourth-order valence-corrected chi connectivity index (χ4v) is 1.31. The van der Waals surface area contributed by atoms with E-state index in [0.29, 0.717) is 0 Å². The molecule has 126 valence electrons. The number of carbonyl (C=O) groups is 3. The van der Waals surface area contributed by atoms with Gasteiger partial charge in [0.1, 0.15) is 6.61 Å². The number of ether oxygens (including phenoxy) is 2. The molecule has 0 aliphatic heterocycles. The van der Waals surface area contributed by atoms with E-state index in [9.17, 15) is 14.4 Å². The average Bonchev–Trinajstić information content (AvgIpc) is 2.30. The molecule has 0 rings (SSSR count). The minimum absolute atomic E-state index is 0.0000354. The van der Waals surface area contributed by atoms with Crippen molar-refractivity contribution in [2.24, 2.45) is 0 Å². The fraction of sp³-hybridized carbons (Fsp3) is 0.667. The number of amides is 2. The number of hydrogen-bond acceptors (Lipinski definition) is 5. The predicted octanol–water partition coefficient (Wildman–Crippen LogP) is 1.52. The van der Waals surface area contributed by atoms with E-state index >= 15 is 0 Å². The topological polar surface area (TPSA) is 93.7 Å². The first-order valence-electron chi connectivity index (χ1n) is 7.13. The molecule has 7 heteroatoms. The van der Waals surface area contributed by atoms with Gasteiger partial charge in [-0.15, -0.1) is 0 Å². The van der Waals surface area contributed by atoms with Gasteiger partial charge >= 0.3 is 18.0 Å². The van der Waals surface area contributed by atoms with E-state index < -0.39 is 11.9 Å². The molecule has 7 nitrogen and oxygen atoms in total. The molecule has 0 bridgehead atoms. The highest BCUT2D eigenvalue weighted by atomic mass is 16.5. The van der Waals surface area contributed by atoms with Crippen LogP contribution in [0.25, 0.3) is 0 Å². The maximum atomic E-state index is 11.6. The van der Waals surface area contributed by atoms with E-state index in [1.807, 2.05) is 20.8 Å². The Labute approximate surface area is 131 Å². The van der Waals surface area contributed by atoms with Crippen LogP contribution in [-0.4, -0.2) is 42.3 Å². The maximum absolute atomic E-state index is 11.6. The molecule has 1 unspecified atom stereocenters. The summed E-state index contributed by atoms with van der Waals surface area (Å²) in [6, 6.07) is -0.700. The normalized spacial score (nSPS) is 12.9. The van der Waals surface area contributed by atoms with Gasteiger partial charge in [-0.2, -0.15) is 0 Å². The second-order valence-corrected chi connectivity index (χ2v) is 6.20. The van der Waals surface area contributed by atoms with Crippen molar-refractivity contribution in [1.29, 1.82) is 0 Å². The van der Waals surface area contributed by atoms with Gasteiger partial charge in [0, 0.05) is 17.7 Å². The van der Waals surface area contributed by atoms with Crippen LogP contribution in [0.3, 0.4) is 0 Å². The first-order valence-corrected chi connectivity index (χ1v) is 7.13. The third-order valence-electron chi connectivity index (χ3n) is 2.05. The summed E-state index contributed by atoms with van der Waals surface area (Å²) in [6.07, 6.45) is 1.75. The summed E-state index contributed by atoms with van der Waals surface area (Å²) in [4.78, 5) is 34.2. The molecule has 0 saturated carbocycles. The lowest BCUT2D eigenvalue weighted by Crippen LogP contribution is -2.49. The number of carbonyl (C=O) groups excluding carboxylic acids is 3. The van der Waals surface area contributed by atoms with E-state index in [4.69, 9.17) is 9.47 Å². The monoisotopic (exact) mass is 314 g/mol. The van der Waals surface area contributed by atoms with Crippen LogP contribution >= 0.6 is 0 Å². The highest BCUT2D eigenvalue weighted by molar-refractivity contribution is 5.91. The van der Waals surface area contributed by atoms with Gasteiger partial charge in [0.15, 0.2) is 0 Å². The lowest BCUT2D eigenvalue weighted by molar-refractivity contribution is -0.143. The Bertz CT molecular complexity index is 424. The predicted molar refractivity (Wildman–Crippen MR) is 82.2 cm³/mol. The molecule has 0 heterocycles. The standard InChI is InChI=1S/C15H26N2O5/c1-10(2)22-13(19)8-7-12(18)21-9-11(3)16-14(20)17-15(4,5)6/h7-8,10-11H,9H2,1-6H3,(H2,16,17,20). The largest absolute Gasteiger partial charge is 0.460 e. The highest BCUT2D eigenvalue weighted by Gasteiger charge is 2.15. The first-order chi connectivity index (χ1) is 9.99. The summed E-state index contributed by atoms with van der Waals surface area (Å²) in [7, 11) is 0. The smallest absolute Gasteiger partial charge is 0.331 e. The molecule has 0 aliphatic carbocycles.